The average Bonchev–Trinajstić information content (AvgIpc) is 2.74. The summed E-state index contributed by atoms with van der Waals surface area (Å²) in [6, 6.07) is 7.49. The van der Waals surface area contributed by atoms with Crippen LogP contribution in [0, 0.1) is 23.6 Å². The van der Waals surface area contributed by atoms with Crippen LogP contribution in [0.2, 0.25) is 0 Å². The molecule has 2 saturated carbocycles. The Balaban J connectivity index is 1.48. The summed E-state index contributed by atoms with van der Waals surface area (Å²) in [6.45, 7) is 9.33. The van der Waals surface area contributed by atoms with Crippen LogP contribution in [0.1, 0.15) is 63.4 Å². The minimum atomic E-state index is -0.109. The van der Waals surface area contributed by atoms with Gasteiger partial charge in [0.15, 0.2) is 0 Å². The van der Waals surface area contributed by atoms with E-state index in [1.807, 2.05) is 0 Å². The lowest BCUT2D eigenvalue weighted by Gasteiger charge is -2.71. The summed E-state index contributed by atoms with van der Waals surface area (Å²) < 4.78 is 13.6. The van der Waals surface area contributed by atoms with Crippen LogP contribution in [-0.2, 0) is 0 Å². The smallest absolute Gasteiger partial charge is 0.123 e. The van der Waals surface area contributed by atoms with E-state index in [1.165, 1.54) is 83.2 Å². The minimum Gasteiger partial charge on any atom is -0.301 e. The van der Waals surface area contributed by atoms with Crippen molar-refractivity contribution in [1.29, 1.82) is 0 Å². The van der Waals surface area contributed by atoms with E-state index in [0.717, 1.165) is 18.4 Å². The third kappa shape index (κ3) is 3.36. The van der Waals surface area contributed by atoms with Gasteiger partial charge in [0.2, 0.25) is 0 Å². The summed E-state index contributed by atoms with van der Waals surface area (Å²) in [5.41, 5.74) is 1.55. The van der Waals surface area contributed by atoms with Gasteiger partial charge in [-0.25, -0.2) is 4.39 Å². The number of likely N-dealkylation sites (N-methyl/N-ethyl adjacent to an activating group) is 1. The predicted molar refractivity (Wildman–Crippen MR) is 116 cm³/mol. The SMILES string of the molecule is CCN1CCN(C23NCCC(c4ccc(F)cc4)C2C2CCCCCCC23)CC1. The van der Waals surface area contributed by atoms with E-state index in [9.17, 15) is 4.39 Å². The van der Waals surface area contributed by atoms with Gasteiger partial charge in [-0.2, -0.15) is 0 Å². The quantitative estimate of drug-likeness (QED) is 0.810. The Kier molecular flexibility index (Phi) is 5.70. The number of piperidine rings is 1. The molecule has 29 heavy (non-hydrogen) atoms. The molecule has 1 aromatic carbocycles. The van der Waals surface area contributed by atoms with Gasteiger partial charge < -0.3 is 4.90 Å². The van der Waals surface area contributed by atoms with Gasteiger partial charge in [-0.1, -0.05) is 44.7 Å². The lowest BCUT2D eigenvalue weighted by atomic mass is 9.46. The van der Waals surface area contributed by atoms with Crippen LogP contribution in [0.5, 0.6) is 0 Å². The summed E-state index contributed by atoms with van der Waals surface area (Å²) in [5, 5.41) is 4.13. The van der Waals surface area contributed by atoms with Gasteiger partial charge in [-0.05, 0) is 67.8 Å². The molecule has 0 bridgehead atoms. The van der Waals surface area contributed by atoms with Gasteiger partial charge in [0.25, 0.3) is 0 Å². The Hall–Kier alpha value is -0.970. The van der Waals surface area contributed by atoms with Crippen LogP contribution in [0.15, 0.2) is 24.3 Å². The normalized spacial score (nSPS) is 39.0. The van der Waals surface area contributed by atoms with Crippen LogP contribution in [0.25, 0.3) is 0 Å². The number of nitrogens with one attached hydrogen (secondary N) is 1. The molecule has 0 spiro atoms. The first kappa shape index (κ1) is 20.0. The van der Waals surface area contributed by atoms with Crippen molar-refractivity contribution in [3.8, 4) is 0 Å². The standard InChI is InChI=1S/C25H38FN3/c1-2-28-15-17-29(18-16-28)25-23-8-6-4-3-5-7-22(23)24(25)21(13-14-27-25)19-9-11-20(26)12-10-19/h9-12,21-24,27H,2-8,13-18H2,1H3. The number of fused-ring (bicyclic) bond motifs is 4. The van der Waals surface area contributed by atoms with E-state index in [0.29, 0.717) is 11.8 Å². The number of hydrogen-bond donors (Lipinski definition) is 1. The molecule has 5 rings (SSSR count). The Bertz CT molecular complexity index is 684. The maximum absolute atomic E-state index is 13.6. The minimum absolute atomic E-state index is 0.109. The van der Waals surface area contributed by atoms with Crippen molar-refractivity contribution in [2.24, 2.45) is 17.8 Å². The van der Waals surface area contributed by atoms with E-state index in [2.05, 4.69) is 34.2 Å². The zero-order valence-electron chi connectivity index (χ0n) is 18.1. The van der Waals surface area contributed by atoms with Crippen molar-refractivity contribution < 1.29 is 4.39 Å². The van der Waals surface area contributed by atoms with E-state index in [-0.39, 0.29) is 11.5 Å². The van der Waals surface area contributed by atoms with E-state index in [4.69, 9.17) is 0 Å². The van der Waals surface area contributed by atoms with Crippen molar-refractivity contribution in [1.82, 2.24) is 15.1 Å². The first-order chi connectivity index (χ1) is 14.2. The fourth-order valence-corrected chi connectivity index (χ4v) is 7.48. The Labute approximate surface area is 176 Å². The van der Waals surface area contributed by atoms with Crippen LogP contribution in [-0.4, -0.2) is 54.7 Å². The highest BCUT2D eigenvalue weighted by molar-refractivity contribution is 5.29. The Morgan fingerprint density at radius 3 is 2.41 bits per heavy atom. The Morgan fingerprint density at radius 1 is 0.966 bits per heavy atom. The molecule has 2 aliphatic heterocycles. The molecule has 4 fully saturated rings. The van der Waals surface area contributed by atoms with Crippen molar-refractivity contribution in [3.05, 3.63) is 35.6 Å². The second kappa shape index (κ2) is 8.28. The maximum atomic E-state index is 13.6. The molecule has 0 aromatic heterocycles. The molecular weight excluding hydrogens is 361 g/mol. The van der Waals surface area contributed by atoms with Crippen molar-refractivity contribution in [2.45, 2.75) is 63.5 Å². The number of halogens is 1. The molecule has 5 unspecified atom stereocenters. The van der Waals surface area contributed by atoms with Gasteiger partial charge in [0.1, 0.15) is 5.82 Å². The molecule has 2 aliphatic carbocycles. The molecule has 160 valence electrons. The maximum Gasteiger partial charge on any atom is 0.123 e. The zero-order chi connectivity index (χ0) is 19.8. The summed E-state index contributed by atoms with van der Waals surface area (Å²) in [7, 11) is 0. The van der Waals surface area contributed by atoms with Crippen LogP contribution in [0.4, 0.5) is 4.39 Å². The molecule has 1 N–H and O–H groups in total. The fourth-order valence-electron chi connectivity index (χ4n) is 7.48. The molecule has 4 aliphatic rings. The molecule has 2 saturated heterocycles. The molecule has 2 heterocycles. The summed E-state index contributed by atoms with van der Waals surface area (Å²) in [4.78, 5) is 5.44. The second-order valence-electron chi connectivity index (χ2n) is 9.91. The number of nitrogens with zero attached hydrogens (tertiary/aromatic N) is 2. The van der Waals surface area contributed by atoms with Gasteiger partial charge in [0.05, 0.1) is 5.66 Å². The molecule has 4 heteroatoms. The zero-order valence-corrected chi connectivity index (χ0v) is 18.1. The van der Waals surface area contributed by atoms with Gasteiger partial charge in [0, 0.05) is 32.1 Å². The van der Waals surface area contributed by atoms with Crippen LogP contribution < -0.4 is 5.32 Å². The first-order valence-electron chi connectivity index (χ1n) is 12.2. The first-order valence-corrected chi connectivity index (χ1v) is 12.2. The van der Waals surface area contributed by atoms with E-state index in [1.54, 1.807) is 12.1 Å². The third-order valence-corrected chi connectivity index (χ3v) is 8.79. The van der Waals surface area contributed by atoms with E-state index >= 15 is 0 Å². The van der Waals surface area contributed by atoms with Crippen molar-refractivity contribution in [3.63, 3.8) is 0 Å². The summed E-state index contributed by atoms with van der Waals surface area (Å²) >= 11 is 0. The number of benzene rings is 1. The van der Waals surface area contributed by atoms with Crippen molar-refractivity contribution >= 4 is 0 Å². The van der Waals surface area contributed by atoms with Gasteiger partial charge in [-0.15, -0.1) is 0 Å². The molecule has 0 amide bonds. The molecule has 3 nitrogen and oxygen atoms in total. The summed E-state index contributed by atoms with van der Waals surface area (Å²) in [6.07, 6.45) is 9.59. The highest BCUT2D eigenvalue weighted by atomic mass is 19.1. The molecule has 1 aromatic rings. The molecule has 0 radical (unpaired) electrons. The largest absolute Gasteiger partial charge is 0.301 e. The highest BCUT2D eigenvalue weighted by Gasteiger charge is 2.66. The topological polar surface area (TPSA) is 18.5 Å². The van der Waals surface area contributed by atoms with Gasteiger partial charge >= 0.3 is 0 Å². The lowest BCUT2D eigenvalue weighted by molar-refractivity contribution is -0.213. The second-order valence-corrected chi connectivity index (χ2v) is 9.91. The predicted octanol–water partition coefficient (Wildman–Crippen LogP) is 4.45. The molecular formula is C25H38FN3. The Morgan fingerprint density at radius 2 is 1.69 bits per heavy atom. The van der Waals surface area contributed by atoms with Crippen LogP contribution >= 0.6 is 0 Å². The lowest BCUT2D eigenvalue weighted by Crippen LogP contribution is -2.81. The molecule has 5 atom stereocenters. The van der Waals surface area contributed by atoms with Crippen LogP contribution in [0.3, 0.4) is 0 Å². The van der Waals surface area contributed by atoms with Gasteiger partial charge in [-0.3, -0.25) is 10.2 Å². The average molecular weight is 400 g/mol. The van der Waals surface area contributed by atoms with Crippen molar-refractivity contribution in [2.75, 3.05) is 39.3 Å². The fraction of sp³-hybridized carbons (Fsp3) is 0.760. The van der Waals surface area contributed by atoms with E-state index < -0.39 is 0 Å². The number of hydrogen-bond acceptors (Lipinski definition) is 3. The number of rotatable bonds is 3. The summed E-state index contributed by atoms with van der Waals surface area (Å²) in [5.74, 6) is 2.77. The number of piperazine rings is 1. The highest BCUT2D eigenvalue weighted by Crippen LogP contribution is 2.62. The monoisotopic (exact) mass is 399 g/mol. The third-order valence-electron chi connectivity index (χ3n) is 8.79.